The second kappa shape index (κ2) is 5.96. The fourth-order valence-corrected chi connectivity index (χ4v) is 2.30. The second-order valence-electron chi connectivity index (χ2n) is 4.79. The predicted octanol–water partition coefficient (Wildman–Crippen LogP) is 2.03. The highest BCUT2D eigenvalue weighted by Gasteiger charge is 2.27. The van der Waals surface area contributed by atoms with Gasteiger partial charge in [-0.2, -0.15) is 0 Å². The monoisotopic (exact) mass is 248 g/mol. The van der Waals surface area contributed by atoms with E-state index in [9.17, 15) is 4.79 Å². The smallest absolute Gasteiger partial charge is 0.163 e. The van der Waals surface area contributed by atoms with Crippen LogP contribution in [0.3, 0.4) is 0 Å². The van der Waals surface area contributed by atoms with E-state index in [0.29, 0.717) is 18.0 Å². The predicted molar refractivity (Wildman–Crippen MR) is 70.9 cm³/mol. The van der Waals surface area contributed by atoms with Crippen LogP contribution in [0.2, 0.25) is 0 Å². The number of aliphatic hydroxyl groups is 1. The maximum absolute atomic E-state index is 11.7. The molecule has 1 fully saturated rings. The third kappa shape index (κ3) is 2.70. The van der Waals surface area contributed by atoms with Gasteiger partial charge in [0.1, 0.15) is 5.82 Å². The number of hydrogen-bond donors (Lipinski definition) is 1. The first kappa shape index (κ1) is 13.0. The third-order valence-electron chi connectivity index (χ3n) is 3.51. The number of carbonyl (C=O) groups is 1. The van der Waals surface area contributed by atoms with E-state index in [2.05, 4.69) is 9.88 Å². The molecule has 0 radical (unpaired) electrons. The first-order valence-corrected chi connectivity index (χ1v) is 6.57. The van der Waals surface area contributed by atoms with Crippen molar-refractivity contribution < 1.29 is 9.90 Å². The van der Waals surface area contributed by atoms with Crippen LogP contribution in [0.1, 0.15) is 43.0 Å². The van der Waals surface area contributed by atoms with Gasteiger partial charge in [0, 0.05) is 25.4 Å². The van der Waals surface area contributed by atoms with Crippen molar-refractivity contribution in [1.82, 2.24) is 4.98 Å². The molecule has 1 aromatic rings. The molecule has 2 rings (SSSR count). The van der Waals surface area contributed by atoms with E-state index in [1.165, 1.54) is 6.42 Å². The quantitative estimate of drug-likeness (QED) is 0.783. The van der Waals surface area contributed by atoms with E-state index in [1.54, 1.807) is 19.2 Å². The highest BCUT2D eigenvalue weighted by molar-refractivity contribution is 5.98. The number of aliphatic hydroxyl groups excluding tert-OH is 1. The van der Waals surface area contributed by atoms with Crippen molar-refractivity contribution in [2.45, 2.75) is 38.6 Å². The molecule has 4 heteroatoms. The molecule has 0 saturated heterocycles. The van der Waals surface area contributed by atoms with E-state index in [-0.39, 0.29) is 12.4 Å². The molecule has 1 aliphatic rings. The van der Waals surface area contributed by atoms with E-state index < -0.39 is 0 Å². The fraction of sp³-hybridized carbons (Fsp3) is 0.571. The van der Waals surface area contributed by atoms with Crippen LogP contribution in [0.25, 0.3) is 0 Å². The third-order valence-corrected chi connectivity index (χ3v) is 3.51. The van der Waals surface area contributed by atoms with E-state index in [0.717, 1.165) is 25.2 Å². The molecule has 0 amide bonds. The molecule has 4 nitrogen and oxygen atoms in total. The van der Waals surface area contributed by atoms with Crippen LogP contribution < -0.4 is 4.90 Å². The Morgan fingerprint density at radius 3 is 2.89 bits per heavy atom. The largest absolute Gasteiger partial charge is 0.396 e. The Kier molecular flexibility index (Phi) is 4.31. The van der Waals surface area contributed by atoms with Crippen molar-refractivity contribution in [1.29, 1.82) is 0 Å². The lowest BCUT2D eigenvalue weighted by atomic mass is 9.91. The minimum absolute atomic E-state index is 0.0476. The number of hydrogen-bond acceptors (Lipinski definition) is 4. The molecule has 0 spiro atoms. The maximum Gasteiger partial charge on any atom is 0.163 e. The van der Waals surface area contributed by atoms with Crippen molar-refractivity contribution >= 4 is 11.6 Å². The molecule has 1 saturated carbocycles. The number of pyridine rings is 1. The Labute approximate surface area is 108 Å². The second-order valence-corrected chi connectivity index (χ2v) is 4.79. The zero-order valence-corrected chi connectivity index (χ0v) is 10.8. The number of nitrogens with zero attached hydrogens (tertiary/aromatic N) is 2. The van der Waals surface area contributed by atoms with Gasteiger partial charge in [0.15, 0.2) is 5.78 Å². The van der Waals surface area contributed by atoms with Crippen molar-refractivity contribution in [3.05, 3.63) is 23.9 Å². The van der Waals surface area contributed by atoms with Crippen molar-refractivity contribution in [2.24, 2.45) is 0 Å². The maximum atomic E-state index is 11.7. The lowest BCUT2D eigenvalue weighted by molar-refractivity contribution is 0.101. The summed E-state index contributed by atoms with van der Waals surface area (Å²) >= 11 is 0. The molecule has 1 aromatic heterocycles. The fourth-order valence-electron chi connectivity index (χ4n) is 2.30. The summed E-state index contributed by atoms with van der Waals surface area (Å²) in [6.45, 7) is 2.51. The molecule has 1 N–H and O–H groups in total. The topological polar surface area (TPSA) is 53.4 Å². The van der Waals surface area contributed by atoms with Crippen LogP contribution in [0.15, 0.2) is 18.3 Å². The van der Waals surface area contributed by atoms with Crippen molar-refractivity contribution in [3.8, 4) is 0 Å². The van der Waals surface area contributed by atoms with Crippen LogP contribution in [0, 0.1) is 0 Å². The summed E-state index contributed by atoms with van der Waals surface area (Å²) < 4.78 is 0. The molecule has 0 aliphatic heterocycles. The molecule has 98 valence electrons. The summed E-state index contributed by atoms with van der Waals surface area (Å²) in [5.74, 6) is 0.828. The first-order chi connectivity index (χ1) is 8.74. The number of carbonyl (C=O) groups excluding carboxylic acids is 1. The summed E-state index contributed by atoms with van der Waals surface area (Å²) in [7, 11) is 0. The number of rotatable bonds is 6. The lowest BCUT2D eigenvalue weighted by Crippen LogP contribution is -2.42. The van der Waals surface area contributed by atoms with Crippen LogP contribution in [-0.4, -0.2) is 35.1 Å². The average Bonchev–Trinajstić information content (AvgIpc) is 2.32. The molecule has 0 bridgehead atoms. The van der Waals surface area contributed by atoms with Gasteiger partial charge in [-0.05, 0) is 44.7 Å². The van der Waals surface area contributed by atoms with Crippen LogP contribution in [0.4, 0.5) is 5.82 Å². The van der Waals surface area contributed by atoms with Gasteiger partial charge in [0.05, 0.1) is 5.56 Å². The number of anilines is 1. The highest BCUT2D eigenvalue weighted by atomic mass is 16.3. The SMILES string of the molecule is CC(=O)c1cccnc1N(CCCO)C1CCC1. The molecule has 0 aromatic carbocycles. The zero-order valence-electron chi connectivity index (χ0n) is 10.8. The van der Waals surface area contributed by atoms with Crippen molar-refractivity contribution in [2.75, 3.05) is 18.1 Å². The Morgan fingerprint density at radius 2 is 2.33 bits per heavy atom. The minimum Gasteiger partial charge on any atom is -0.396 e. The lowest BCUT2D eigenvalue weighted by Gasteiger charge is -2.39. The van der Waals surface area contributed by atoms with E-state index >= 15 is 0 Å². The van der Waals surface area contributed by atoms with Crippen LogP contribution in [0.5, 0.6) is 0 Å². The van der Waals surface area contributed by atoms with Gasteiger partial charge >= 0.3 is 0 Å². The summed E-state index contributed by atoms with van der Waals surface area (Å²) in [5.41, 5.74) is 0.683. The van der Waals surface area contributed by atoms with Crippen LogP contribution in [-0.2, 0) is 0 Å². The average molecular weight is 248 g/mol. The standard InChI is InChI=1S/C14H20N2O2/c1-11(18)13-7-3-8-15-14(13)16(9-4-10-17)12-5-2-6-12/h3,7-8,12,17H,2,4-6,9-10H2,1H3. The Morgan fingerprint density at radius 1 is 1.56 bits per heavy atom. The van der Waals surface area contributed by atoms with Gasteiger partial charge in [0.25, 0.3) is 0 Å². The number of Topliss-reactive ketones (excluding diaryl/α,β-unsaturated/α-hetero) is 1. The Hall–Kier alpha value is -1.42. The summed E-state index contributed by atoms with van der Waals surface area (Å²) in [5, 5.41) is 9.00. The van der Waals surface area contributed by atoms with Crippen molar-refractivity contribution in [3.63, 3.8) is 0 Å². The van der Waals surface area contributed by atoms with Gasteiger partial charge < -0.3 is 10.0 Å². The van der Waals surface area contributed by atoms with Gasteiger partial charge in [-0.15, -0.1) is 0 Å². The molecule has 18 heavy (non-hydrogen) atoms. The van der Waals surface area contributed by atoms with Gasteiger partial charge in [-0.1, -0.05) is 0 Å². The number of ketones is 1. The molecular formula is C14H20N2O2. The molecule has 1 aliphatic carbocycles. The zero-order chi connectivity index (χ0) is 13.0. The molecule has 0 atom stereocenters. The van der Waals surface area contributed by atoms with Gasteiger partial charge in [-0.25, -0.2) is 4.98 Å². The summed E-state index contributed by atoms with van der Waals surface area (Å²) in [6, 6.07) is 4.10. The molecule has 0 unspecified atom stereocenters. The normalized spacial score (nSPS) is 15.2. The van der Waals surface area contributed by atoms with E-state index in [1.807, 2.05) is 6.07 Å². The summed E-state index contributed by atoms with van der Waals surface area (Å²) in [6.07, 6.45) is 5.98. The summed E-state index contributed by atoms with van der Waals surface area (Å²) in [4.78, 5) is 18.2. The van der Waals surface area contributed by atoms with E-state index in [4.69, 9.17) is 5.11 Å². The minimum atomic E-state index is 0.0476. The Bertz CT molecular complexity index is 416. The molecule has 1 heterocycles. The van der Waals surface area contributed by atoms with Gasteiger partial charge in [-0.3, -0.25) is 4.79 Å². The highest BCUT2D eigenvalue weighted by Crippen LogP contribution is 2.30. The van der Waals surface area contributed by atoms with Gasteiger partial charge in [0.2, 0.25) is 0 Å². The van der Waals surface area contributed by atoms with Crippen LogP contribution >= 0.6 is 0 Å². The number of aromatic nitrogens is 1. The first-order valence-electron chi connectivity index (χ1n) is 6.57. The Balaban J connectivity index is 2.25. The molecular weight excluding hydrogens is 228 g/mol.